The number of carboxylic acids is 1. The van der Waals surface area contributed by atoms with E-state index in [4.69, 9.17) is 16.7 Å². The first-order valence-electron chi connectivity index (χ1n) is 4.95. The molecule has 0 radical (unpaired) electrons. The molecule has 5 heteroatoms. The van der Waals surface area contributed by atoms with Crippen molar-refractivity contribution in [1.82, 2.24) is 0 Å². The van der Waals surface area contributed by atoms with E-state index in [1.54, 1.807) is 24.3 Å². The minimum Gasteiger partial charge on any atom is -0.480 e. The highest BCUT2D eigenvalue weighted by atomic mass is 35.5. The third kappa shape index (κ3) is 3.32. The molecule has 2 unspecified atom stereocenters. The van der Waals surface area contributed by atoms with Crippen LogP contribution in [0.15, 0.2) is 29.2 Å². The largest absolute Gasteiger partial charge is 0.480 e. The van der Waals surface area contributed by atoms with Crippen LogP contribution in [0.4, 0.5) is 0 Å². The van der Waals surface area contributed by atoms with Crippen molar-refractivity contribution in [3.63, 3.8) is 0 Å². The van der Waals surface area contributed by atoms with Crippen LogP contribution in [0, 0.1) is 0 Å². The summed E-state index contributed by atoms with van der Waals surface area (Å²) >= 11 is 5.70. The number of rotatable bonds is 5. The van der Waals surface area contributed by atoms with Crippen LogP contribution in [0.1, 0.15) is 19.8 Å². The summed E-state index contributed by atoms with van der Waals surface area (Å²) in [7, 11) is -1.52. The van der Waals surface area contributed by atoms with Crippen molar-refractivity contribution in [2.24, 2.45) is 0 Å². The molecule has 1 N–H and O–H groups in total. The normalized spacial score (nSPS) is 14.4. The quantitative estimate of drug-likeness (QED) is 0.886. The van der Waals surface area contributed by atoms with E-state index in [1.165, 1.54) is 0 Å². The summed E-state index contributed by atoms with van der Waals surface area (Å²) in [5.41, 5.74) is 0. The van der Waals surface area contributed by atoms with Gasteiger partial charge in [0.25, 0.3) is 0 Å². The monoisotopic (exact) mass is 260 g/mol. The number of hydrogen-bond acceptors (Lipinski definition) is 2. The molecule has 0 aliphatic rings. The Hall–Kier alpha value is -0.870. The van der Waals surface area contributed by atoms with Gasteiger partial charge in [-0.3, -0.25) is 9.00 Å². The highest BCUT2D eigenvalue weighted by molar-refractivity contribution is 7.86. The first-order chi connectivity index (χ1) is 7.56. The summed E-state index contributed by atoms with van der Waals surface area (Å²) in [5.74, 6) is -1.02. The number of aliphatic carboxylic acids is 1. The molecule has 1 aromatic rings. The van der Waals surface area contributed by atoms with Crippen molar-refractivity contribution in [3.05, 3.63) is 29.3 Å². The SMILES string of the molecule is CCCC(C(=O)O)S(=O)c1ccc(Cl)cc1. The van der Waals surface area contributed by atoms with Gasteiger partial charge in [0.05, 0.1) is 10.8 Å². The highest BCUT2D eigenvalue weighted by Crippen LogP contribution is 2.18. The van der Waals surface area contributed by atoms with Gasteiger partial charge >= 0.3 is 5.97 Å². The number of carbonyl (C=O) groups is 1. The second kappa shape index (κ2) is 6.01. The molecular weight excluding hydrogens is 248 g/mol. The first kappa shape index (κ1) is 13.2. The zero-order valence-electron chi connectivity index (χ0n) is 8.85. The Morgan fingerprint density at radius 2 is 2.00 bits per heavy atom. The summed E-state index contributed by atoms with van der Waals surface area (Å²) < 4.78 is 12.0. The molecule has 2 atom stereocenters. The predicted octanol–water partition coefficient (Wildman–Crippen LogP) is 2.70. The van der Waals surface area contributed by atoms with Gasteiger partial charge in [0.1, 0.15) is 5.25 Å². The van der Waals surface area contributed by atoms with Crippen molar-refractivity contribution in [1.29, 1.82) is 0 Å². The van der Waals surface area contributed by atoms with Gasteiger partial charge in [-0.2, -0.15) is 0 Å². The number of benzene rings is 1. The maximum Gasteiger partial charge on any atom is 0.319 e. The van der Waals surface area contributed by atoms with Gasteiger partial charge in [-0.05, 0) is 30.7 Å². The molecule has 0 aromatic heterocycles. The molecule has 0 heterocycles. The van der Waals surface area contributed by atoms with Crippen LogP contribution in [0.3, 0.4) is 0 Å². The predicted molar refractivity (Wildman–Crippen MR) is 64.2 cm³/mol. The third-order valence-corrected chi connectivity index (χ3v) is 4.07. The molecular formula is C11H13ClO3S. The number of hydrogen-bond donors (Lipinski definition) is 1. The van der Waals surface area contributed by atoms with E-state index in [2.05, 4.69) is 0 Å². The number of halogens is 1. The molecule has 1 rings (SSSR count). The van der Waals surface area contributed by atoms with Crippen LogP contribution < -0.4 is 0 Å². The fourth-order valence-corrected chi connectivity index (χ4v) is 2.81. The average molecular weight is 261 g/mol. The molecule has 3 nitrogen and oxygen atoms in total. The molecule has 0 spiro atoms. The molecule has 88 valence electrons. The van der Waals surface area contributed by atoms with E-state index < -0.39 is 22.0 Å². The Morgan fingerprint density at radius 3 is 2.44 bits per heavy atom. The maximum absolute atomic E-state index is 12.0. The van der Waals surface area contributed by atoms with Crippen molar-refractivity contribution in [2.45, 2.75) is 29.9 Å². The third-order valence-electron chi connectivity index (χ3n) is 2.13. The molecule has 0 fully saturated rings. The number of carboxylic acid groups (broad SMARTS) is 1. The van der Waals surface area contributed by atoms with Crippen LogP contribution in [0.5, 0.6) is 0 Å². The second-order valence-corrected chi connectivity index (χ2v) is 5.44. The minimum absolute atomic E-state index is 0.407. The van der Waals surface area contributed by atoms with E-state index in [1.807, 2.05) is 6.92 Å². The van der Waals surface area contributed by atoms with Crippen LogP contribution >= 0.6 is 11.6 Å². The molecule has 1 aromatic carbocycles. The van der Waals surface area contributed by atoms with Crippen LogP contribution in [-0.4, -0.2) is 20.5 Å². The summed E-state index contributed by atoms with van der Waals surface area (Å²) in [5, 5.41) is 8.67. The van der Waals surface area contributed by atoms with E-state index in [0.29, 0.717) is 22.8 Å². The average Bonchev–Trinajstić information content (AvgIpc) is 2.25. The van der Waals surface area contributed by atoms with Crippen molar-refractivity contribution in [2.75, 3.05) is 0 Å². The lowest BCUT2D eigenvalue weighted by atomic mass is 10.2. The van der Waals surface area contributed by atoms with Gasteiger partial charge < -0.3 is 5.11 Å². The van der Waals surface area contributed by atoms with Crippen LogP contribution in [-0.2, 0) is 15.6 Å². The summed E-state index contributed by atoms with van der Waals surface area (Å²) in [6, 6.07) is 6.42. The smallest absolute Gasteiger partial charge is 0.319 e. The Bertz CT molecular complexity index is 389. The first-order valence-corrected chi connectivity index (χ1v) is 6.54. The standard InChI is InChI=1S/C11H13ClO3S/c1-2-3-10(11(13)14)16(15)9-6-4-8(12)5-7-9/h4-7,10H,2-3H2,1H3,(H,13,14). The molecule has 0 aliphatic carbocycles. The minimum atomic E-state index is -1.52. The summed E-state index contributed by atoms with van der Waals surface area (Å²) in [4.78, 5) is 11.5. The van der Waals surface area contributed by atoms with E-state index in [-0.39, 0.29) is 0 Å². The van der Waals surface area contributed by atoms with E-state index in [0.717, 1.165) is 0 Å². The zero-order chi connectivity index (χ0) is 12.1. The summed E-state index contributed by atoms with van der Waals surface area (Å²) in [6.45, 7) is 1.87. The highest BCUT2D eigenvalue weighted by Gasteiger charge is 2.24. The van der Waals surface area contributed by atoms with Crippen molar-refractivity contribution in [3.8, 4) is 0 Å². The van der Waals surface area contributed by atoms with Gasteiger partial charge in [-0.15, -0.1) is 0 Å². The van der Waals surface area contributed by atoms with Gasteiger partial charge in [-0.25, -0.2) is 0 Å². The second-order valence-electron chi connectivity index (χ2n) is 3.37. The summed E-state index contributed by atoms with van der Waals surface area (Å²) in [6.07, 6.45) is 1.10. The Labute approximate surface area is 102 Å². The van der Waals surface area contributed by atoms with Crippen molar-refractivity contribution >= 4 is 28.4 Å². The van der Waals surface area contributed by atoms with Gasteiger partial charge in [0.15, 0.2) is 0 Å². The van der Waals surface area contributed by atoms with E-state index in [9.17, 15) is 9.00 Å². The van der Waals surface area contributed by atoms with Gasteiger partial charge in [-0.1, -0.05) is 24.9 Å². The molecule has 0 saturated heterocycles. The molecule has 0 bridgehead atoms. The van der Waals surface area contributed by atoms with Crippen molar-refractivity contribution < 1.29 is 14.1 Å². The Kier molecular flexibility index (Phi) is 4.96. The molecule has 0 amide bonds. The maximum atomic E-state index is 12.0. The zero-order valence-corrected chi connectivity index (χ0v) is 10.4. The van der Waals surface area contributed by atoms with E-state index >= 15 is 0 Å². The van der Waals surface area contributed by atoms with Crippen LogP contribution in [0.2, 0.25) is 5.02 Å². The fraction of sp³-hybridized carbons (Fsp3) is 0.364. The van der Waals surface area contributed by atoms with Gasteiger partial charge in [0, 0.05) is 9.92 Å². The molecule has 16 heavy (non-hydrogen) atoms. The lowest BCUT2D eigenvalue weighted by molar-refractivity contribution is -0.136. The lowest BCUT2D eigenvalue weighted by Crippen LogP contribution is -2.25. The lowest BCUT2D eigenvalue weighted by Gasteiger charge is -2.10. The topological polar surface area (TPSA) is 54.4 Å². The van der Waals surface area contributed by atoms with Crippen LogP contribution in [0.25, 0.3) is 0 Å². The van der Waals surface area contributed by atoms with Gasteiger partial charge in [0.2, 0.25) is 0 Å². The fourth-order valence-electron chi connectivity index (χ4n) is 1.32. The Morgan fingerprint density at radius 1 is 1.44 bits per heavy atom. The Balaban J connectivity index is 2.90. The molecule has 0 aliphatic heterocycles. The molecule has 0 saturated carbocycles.